The standard InChI is InChI=1S/C20H26N4O3S/c1-15-22-18(27-23-15)14-28-17-9-5-4-8-16(17)20(26)21-11-10-19(25)24-12-6-2-3-7-13-24/h4-5,8-9H,2-3,6-7,10-14H2,1H3,(H,21,26). The molecule has 2 amide bonds. The van der Waals surface area contributed by atoms with E-state index < -0.39 is 0 Å². The Morgan fingerprint density at radius 1 is 1.18 bits per heavy atom. The van der Waals surface area contributed by atoms with Crippen molar-refractivity contribution >= 4 is 23.6 Å². The number of carbonyl (C=O) groups is 2. The summed E-state index contributed by atoms with van der Waals surface area (Å²) in [5.41, 5.74) is 0.589. The van der Waals surface area contributed by atoms with Gasteiger partial charge in [-0.05, 0) is 31.9 Å². The zero-order chi connectivity index (χ0) is 19.8. The number of nitrogens with one attached hydrogen (secondary N) is 1. The van der Waals surface area contributed by atoms with Crippen molar-refractivity contribution in [3.8, 4) is 0 Å². The van der Waals surface area contributed by atoms with Crippen LogP contribution in [0.25, 0.3) is 0 Å². The Labute approximate surface area is 169 Å². The molecule has 1 saturated heterocycles. The minimum absolute atomic E-state index is 0.122. The highest BCUT2D eigenvalue weighted by Gasteiger charge is 2.17. The summed E-state index contributed by atoms with van der Waals surface area (Å²) < 4.78 is 5.12. The first-order chi connectivity index (χ1) is 13.6. The Kier molecular flexibility index (Phi) is 7.47. The molecule has 7 nitrogen and oxygen atoms in total. The fourth-order valence-electron chi connectivity index (χ4n) is 3.17. The Balaban J connectivity index is 1.50. The van der Waals surface area contributed by atoms with Crippen LogP contribution < -0.4 is 5.32 Å². The van der Waals surface area contributed by atoms with Crippen LogP contribution in [0.5, 0.6) is 0 Å². The minimum atomic E-state index is -0.173. The van der Waals surface area contributed by atoms with Gasteiger partial charge in [0, 0.05) is 31.0 Å². The van der Waals surface area contributed by atoms with Crippen LogP contribution in [0.15, 0.2) is 33.7 Å². The third-order valence-electron chi connectivity index (χ3n) is 4.64. The van der Waals surface area contributed by atoms with E-state index in [1.54, 1.807) is 13.0 Å². The molecule has 1 fully saturated rings. The number of nitrogens with zero attached hydrogens (tertiary/aromatic N) is 3. The first-order valence-corrected chi connectivity index (χ1v) is 10.7. The maximum Gasteiger partial charge on any atom is 0.252 e. The van der Waals surface area contributed by atoms with Crippen molar-refractivity contribution in [2.24, 2.45) is 0 Å². The zero-order valence-corrected chi connectivity index (χ0v) is 17.0. The van der Waals surface area contributed by atoms with Crippen LogP contribution in [0.2, 0.25) is 0 Å². The Morgan fingerprint density at radius 2 is 1.93 bits per heavy atom. The molecule has 0 radical (unpaired) electrons. The van der Waals surface area contributed by atoms with E-state index in [2.05, 4.69) is 15.5 Å². The van der Waals surface area contributed by atoms with E-state index in [0.29, 0.717) is 36.0 Å². The number of aromatic nitrogens is 2. The van der Waals surface area contributed by atoms with Gasteiger partial charge in [-0.2, -0.15) is 4.98 Å². The Bertz CT molecular complexity index is 800. The number of carbonyl (C=O) groups excluding carboxylic acids is 2. The number of aryl methyl sites for hydroxylation is 1. The van der Waals surface area contributed by atoms with Gasteiger partial charge >= 0.3 is 0 Å². The van der Waals surface area contributed by atoms with Crippen LogP contribution in [0.1, 0.15) is 54.2 Å². The molecule has 0 aliphatic carbocycles. The highest BCUT2D eigenvalue weighted by Crippen LogP contribution is 2.25. The maximum absolute atomic E-state index is 12.6. The number of thioether (sulfide) groups is 1. The second-order valence-electron chi connectivity index (χ2n) is 6.82. The van der Waals surface area contributed by atoms with Gasteiger partial charge in [0.15, 0.2) is 5.82 Å². The van der Waals surface area contributed by atoms with E-state index in [4.69, 9.17) is 4.52 Å². The van der Waals surface area contributed by atoms with Crippen molar-refractivity contribution in [3.63, 3.8) is 0 Å². The second kappa shape index (κ2) is 10.3. The molecule has 0 spiro atoms. The highest BCUT2D eigenvalue weighted by atomic mass is 32.2. The van der Waals surface area contributed by atoms with Gasteiger partial charge < -0.3 is 14.7 Å². The van der Waals surface area contributed by atoms with Gasteiger partial charge in [0.25, 0.3) is 5.91 Å². The summed E-state index contributed by atoms with van der Waals surface area (Å²) in [5.74, 6) is 1.57. The average molecular weight is 403 g/mol. The van der Waals surface area contributed by atoms with Gasteiger partial charge in [-0.3, -0.25) is 9.59 Å². The predicted octanol–water partition coefficient (Wildman–Crippen LogP) is 3.19. The molecule has 1 aliphatic rings. The van der Waals surface area contributed by atoms with Crippen LogP contribution in [0.4, 0.5) is 0 Å². The second-order valence-corrected chi connectivity index (χ2v) is 7.84. The fourth-order valence-corrected chi connectivity index (χ4v) is 4.06. The van der Waals surface area contributed by atoms with Gasteiger partial charge in [-0.1, -0.05) is 30.1 Å². The number of rotatable bonds is 7. The molecule has 0 unspecified atom stereocenters. The maximum atomic E-state index is 12.6. The number of benzene rings is 1. The molecule has 1 aromatic heterocycles. The van der Waals surface area contributed by atoms with Gasteiger partial charge in [-0.15, -0.1) is 11.8 Å². The lowest BCUT2D eigenvalue weighted by molar-refractivity contribution is -0.131. The van der Waals surface area contributed by atoms with Crippen LogP contribution >= 0.6 is 11.8 Å². The molecule has 0 atom stereocenters. The molecule has 0 bridgehead atoms. The lowest BCUT2D eigenvalue weighted by Crippen LogP contribution is -2.35. The summed E-state index contributed by atoms with van der Waals surface area (Å²) in [4.78, 5) is 31.9. The quantitative estimate of drug-likeness (QED) is 0.716. The zero-order valence-electron chi connectivity index (χ0n) is 16.1. The number of hydrogen-bond donors (Lipinski definition) is 1. The summed E-state index contributed by atoms with van der Waals surface area (Å²) in [5, 5.41) is 6.65. The summed E-state index contributed by atoms with van der Waals surface area (Å²) >= 11 is 1.47. The Morgan fingerprint density at radius 3 is 2.64 bits per heavy atom. The molecular weight excluding hydrogens is 376 g/mol. The molecule has 28 heavy (non-hydrogen) atoms. The summed E-state index contributed by atoms with van der Waals surface area (Å²) in [7, 11) is 0. The topological polar surface area (TPSA) is 88.3 Å². The average Bonchev–Trinajstić information content (AvgIpc) is 2.94. The van der Waals surface area contributed by atoms with Gasteiger partial charge in [0.1, 0.15) is 0 Å². The third kappa shape index (κ3) is 5.82. The van der Waals surface area contributed by atoms with Crippen molar-refractivity contribution in [2.75, 3.05) is 19.6 Å². The molecule has 2 heterocycles. The van der Waals surface area contributed by atoms with Crippen molar-refractivity contribution in [1.82, 2.24) is 20.4 Å². The number of likely N-dealkylation sites (tertiary alicyclic amines) is 1. The van der Waals surface area contributed by atoms with Crippen molar-refractivity contribution in [2.45, 2.75) is 49.7 Å². The minimum Gasteiger partial charge on any atom is -0.351 e. The first-order valence-electron chi connectivity index (χ1n) is 9.70. The molecule has 8 heteroatoms. The van der Waals surface area contributed by atoms with Gasteiger partial charge in [-0.25, -0.2) is 0 Å². The fraction of sp³-hybridized carbons (Fsp3) is 0.500. The van der Waals surface area contributed by atoms with Crippen molar-refractivity contribution < 1.29 is 14.1 Å². The number of amides is 2. The van der Waals surface area contributed by atoms with E-state index >= 15 is 0 Å². The van der Waals surface area contributed by atoms with Crippen LogP contribution in [0.3, 0.4) is 0 Å². The largest absolute Gasteiger partial charge is 0.351 e. The van der Waals surface area contributed by atoms with E-state index in [1.165, 1.54) is 24.6 Å². The van der Waals surface area contributed by atoms with Gasteiger partial charge in [0.2, 0.25) is 11.8 Å². The lowest BCUT2D eigenvalue weighted by Gasteiger charge is -2.20. The lowest BCUT2D eigenvalue weighted by atomic mass is 10.2. The number of hydrogen-bond acceptors (Lipinski definition) is 6. The first kappa shape index (κ1) is 20.4. The highest BCUT2D eigenvalue weighted by molar-refractivity contribution is 7.98. The third-order valence-corrected chi connectivity index (χ3v) is 5.69. The molecule has 2 aromatic rings. The van der Waals surface area contributed by atoms with Crippen LogP contribution in [-0.4, -0.2) is 46.5 Å². The van der Waals surface area contributed by atoms with E-state index in [1.807, 2.05) is 23.1 Å². The summed E-state index contributed by atoms with van der Waals surface area (Å²) in [6.45, 7) is 3.78. The van der Waals surface area contributed by atoms with E-state index in [0.717, 1.165) is 30.8 Å². The van der Waals surface area contributed by atoms with Crippen LogP contribution in [0, 0.1) is 6.92 Å². The summed E-state index contributed by atoms with van der Waals surface area (Å²) in [6.07, 6.45) is 4.86. The van der Waals surface area contributed by atoms with Crippen molar-refractivity contribution in [1.29, 1.82) is 0 Å². The molecule has 150 valence electrons. The molecule has 1 aromatic carbocycles. The monoisotopic (exact) mass is 402 g/mol. The van der Waals surface area contributed by atoms with Crippen molar-refractivity contribution in [3.05, 3.63) is 41.5 Å². The van der Waals surface area contributed by atoms with Gasteiger partial charge in [0.05, 0.1) is 11.3 Å². The predicted molar refractivity (Wildman–Crippen MR) is 107 cm³/mol. The van der Waals surface area contributed by atoms with E-state index in [9.17, 15) is 9.59 Å². The smallest absolute Gasteiger partial charge is 0.252 e. The Hall–Kier alpha value is -2.35. The van der Waals surface area contributed by atoms with Crippen LogP contribution in [-0.2, 0) is 10.5 Å². The molecule has 1 aliphatic heterocycles. The normalized spacial score (nSPS) is 14.5. The summed E-state index contributed by atoms with van der Waals surface area (Å²) in [6, 6.07) is 7.40. The SMILES string of the molecule is Cc1noc(CSc2ccccc2C(=O)NCCC(=O)N2CCCCCC2)n1. The molecular formula is C20H26N4O3S. The molecule has 1 N–H and O–H groups in total. The molecule has 0 saturated carbocycles. The van der Waals surface area contributed by atoms with E-state index in [-0.39, 0.29) is 11.8 Å². The molecule has 3 rings (SSSR count).